The second-order valence-corrected chi connectivity index (χ2v) is 4.08. The molecule has 4 nitrogen and oxygen atoms in total. The topological polar surface area (TPSA) is 64.3 Å². The molecule has 0 saturated heterocycles. The Morgan fingerprint density at radius 2 is 2.24 bits per heavy atom. The van der Waals surface area contributed by atoms with Crippen molar-refractivity contribution in [3.05, 3.63) is 23.8 Å². The van der Waals surface area contributed by atoms with Gasteiger partial charge in [-0.2, -0.15) is 5.26 Å². The summed E-state index contributed by atoms with van der Waals surface area (Å²) in [6.07, 6.45) is 0.408. The number of carbonyl (C=O) groups is 1. The molecule has 0 aliphatic carbocycles. The molecule has 0 saturated carbocycles. The SMILES string of the molecule is CC(=O)c1ccc(N(C)C(C)CC#N)cc1O. The zero-order valence-electron chi connectivity index (χ0n) is 10.3. The lowest BCUT2D eigenvalue weighted by molar-refractivity contribution is 0.101. The standard InChI is InChI=1S/C13H16N2O2/c1-9(6-7-14)15(3)11-4-5-12(10(2)16)13(17)8-11/h4-5,8-9,17H,6H2,1-3H3. The average molecular weight is 232 g/mol. The number of aromatic hydroxyl groups is 1. The molecular formula is C13H16N2O2. The van der Waals surface area contributed by atoms with Gasteiger partial charge in [0.15, 0.2) is 5.78 Å². The molecule has 0 heterocycles. The zero-order valence-corrected chi connectivity index (χ0v) is 10.3. The number of nitrogens with zero attached hydrogens (tertiary/aromatic N) is 2. The molecule has 4 heteroatoms. The van der Waals surface area contributed by atoms with Gasteiger partial charge in [0.25, 0.3) is 0 Å². The van der Waals surface area contributed by atoms with Crippen molar-refractivity contribution in [2.45, 2.75) is 26.3 Å². The van der Waals surface area contributed by atoms with Crippen LogP contribution in [0.15, 0.2) is 18.2 Å². The molecule has 0 fully saturated rings. The van der Waals surface area contributed by atoms with Crippen molar-refractivity contribution in [3.8, 4) is 11.8 Å². The van der Waals surface area contributed by atoms with Gasteiger partial charge in [-0.3, -0.25) is 4.79 Å². The largest absolute Gasteiger partial charge is 0.507 e. The van der Waals surface area contributed by atoms with E-state index in [0.717, 1.165) is 5.69 Å². The summed E-state index contributed by atoms with van der Waals surface area (Å²) >= 11 is 0. The molecule has 0 spiro atoms. The summed E-state index contributed by atoms with van der Waals surface area (Å²) in [5.74, 6) is -0.187. The quantitative estimate of drug-likeness (QED) is 0.809. The van der Waals surface area contributed by atoms with Crippen LogP contribution < -0.4 is 4.90 Å². The highest BCUT2D eigenvalue weighted by molar-refractivity contribution is 5.97. The van der Waals surface area contributed by atoms with Gasteiger partial charge in [-0.1, -0.05) is 0 Å². The monoisotopic (exact) mass is 232 g/mol. The van der Waals surface area contributed by atoms with E-state index < -0.39 is 0 Å². The van der Waals surface area contributed by atoms with Crippen LogP contribution in [0.2, 0.25) is 0 Å². The predicted octanol–water partition coefficient (Wildman–Crippen LogP) is 2.33. The van der Waals surface area contributed by atoms with E-state index in [0.29, 0.717) is 12.0 Å². The van der Waals surface area contributed by atoms with Gasteiger partial charge in [-0.05, 0) is 26.0 Å². The third-order valence-electron chi connectivity index (χ3n) is 2.82. The fourth-order valence-electron chi connectivity index (χ4n) is 1.56. The van der Waals surface area contributed by atoms with Crippen molar-refractivity contribution >= 4 is 11.5 Å². The van der Waals surface area contributed by atoms with E-state index in [2.05, 4.69) is 6.07 Å². The summed E-state index contributed by atoms with van der Waals surface area (Å²) in [6, 6.07) is 7.08. The fourth-order valence-corrected chi connectivity index (χ4v) is 1.56. The summed E-state index contributed by atoms with van der Waals surface area (Å²) in [5, 5.41) is 18.3. The summed E-state index contributed by atoms with van der Waals surface area (Å²) in [4.78, 5) is 13.1. The number of carbonyl (C=O) groups excluding carboxylic acids is 1. The fraction of sp³-hybridized carbons (Fsp3) is 0.385. The normalized spacial score (nSPS) is 11.6. The Hall–Kier alpha value is -2.02. The molecule has 90 valence electrons. The highest BCUT2D eigenvalue weighted by Crippen LogP contribution is 2.25. The van der Waals surface area contributed by atoms with Crippen LogP contribution in [0.4, 0.5) is 5.69 Å². The highest BCUT2D eigenvalue weighted by Gasteiger charge is 2.13. The van der Waals surface area contributed by atoms with Crippen molar-refractivity contribution in [2.24, 2.45) is 0 Å². The van der Waals surface area contributed by atoms with Gasteiger partial charge in [0.2, 0.25) is 0 Å². The van der Waals surface area contributed by atoms with Crippen LogP contribution in [0, 0.1) is 11.3 Å². The number of Topliss-reactive ketones (excluding diaryl/α,β-unsaturated/α-hetero) is 1. The molecule has 0 aromatic heterocycles. The number of hydrogen-bond acceptors (Lipinski definition) is 4. The van der Waals surface area contributed by atoms with Gasteiger partial charge in [-0.25, -0.2) is 0 Å². The van der Waals surface area contributed by atoms with Crippen LogP contribution >= 0.6 is 0 Å². The highest BCUT2D eigenvalue weighted by atomic mass is 16.3. The molecule has 1 N–H and O–H groups in total. The molecule has 1 aromatic rings. The van der Waals surface area contributed by atoms with Gasteiger partial charge in [0.05, 0.1) is 18.1 Å². The molecule has 1 unspecified atom stereocenters. The lowest BCUT2D eigenvalue weighted by Crippen LogP contribution is -2.28. The van der Waals surface area contributed by atoms with Crippen LogP contribution in [0.3, 0.4) is 0 Å². The Morgan fingerprint density at radius 3 is 2.71 bits per heavy atom. The minimum absolute atomic E-state index is 0.0222. The number of nitriles is 1. The Morgan fingerprint density at radius 1 is 1.59 bits per heavy atom. The summed E-state index contributed by atoms with van der Waals surface area (Å²) in [7, 11) is 1.85. The second-order valence-electron chi connectivity index (χ2n) is 4.08. The Balaban J connectivity index is 2.98. The van der Waals surface area contributed by atoms with E-state index in [-0.39, 0.29) is 17.6 Å². The number of ketones is 1. The molecule has 0 radical (unpaired) electrons. The molecule has 0 amide bonds. The third-order valence-corrected chi connectivity index (χ3v) is 2.82. The van der Waals surface area contributed by atoms with E-state index in [1.54, 1.807) is 18.2 Å². The van der Waals surface area contributed by atoms with Crippen molar-refractivity contribution in [3.63, 3.8) is 0 Å². The molecule has 17 heavy (non-hydrogen) atoms. The molecule has 1 aromatic carbocycles. The molecule has 0 aliphatic heterocycles. The van der Waals surface area contributed by atoms with Gasteiger partial charge in [-0.15, -0.1) is 0 Å². The van der Waals surface area contributed by atoms with E-state index in [4.69, 9.17) is 5.26 Å². The maximum absolute atomic E-state index is 11.2. The molecule has 0 bridgehead atoms. The number of phenols is 1. The molecule has 0 aliphatic rings. The number of rotatable bonds is 4. The first kappa shape index (κ1) is 13.0. The smallest absolute Gasteiger partial charge is 0.163 e. The van der Waals surface area contributed by atoms with Gasteiger partial charge in [0.1, 0.15) is 5.75 Å². The van der Waals surface area contributed by atoms with Crippen LogP contribution in [-0.2, 0) is 0 Å². The van der Waals surface area contributed by atoms with E-state index in [9.17, 15) is 9.90 Å². The van der Waals surface area contributed by atoms with Crippen molar-refractivity contribution in [1.82, 2.24) is 0 Å². The predicted molar refractivity (Wildman–Crippen MR) is 66.2 cm³/mol. The van der Waals surface area contributed by atoms with Gasteiger partial charge >= 0.3 is 0 Å². The van der Waals surface area contributed by atoms with Gasteiger partial charge < -0.3 is 10.0 Å². The lowest BCUT2D eigenvalue weighted by Gasteiger charge is -2.25. The summed E-state index contributed by atoms with van der Waals surface area (Å²) < 4.78 is 0. The molecular weight excluding hydrogens is 216 g/mol. The van der Waals surface area contributed by atoms with E-state index >= 15 is 0 Å². The van der Waals surface area contributed by atoms with E-state index in [1.165, 1.54) is 6.92 Å². The van der Waals surface area contributed by atoms with E-state index in [1.807, 2.05) is 18.9 Å². The Kier molecular flexibility index (Phi) is 4.11. The van der Waals surface area contributed by atoms with Crippen LogP contribution in [0.1, 0.15) is 30.6 Å². The van der Waals surface area contributed by atoms with Crippen molar-refractivity contribution < 1.29 is 9.90 Å². The summed E-state index contributed by atoms with van der Waals surface area (Å²) in [5.41, 5.74) is 1.10. The Labute approximate surface area is 101 Å². The maximum atomic E-state index is 11.2. The van der Waals surface area contributed by atoms with Crippen LogP contribution in [-0.4, -0.2) is 24.0 Å². The zero-order chi connectivity index (χ0) is 13.0. The number of hydrogen-bond donors (Lipinski definition) is 1. The van der Waals surface area contributed by atoms with Gasteiger partial charge in [0, 0.05) is 24.8 Å². The third kappa shape index (κ3) is 2.97. The Bertz CT molecular complexity index is 463. The minimum Gasteiger partial charge on any atom is -0.507 e. The van der Waals surface area contributed by atoms with Crippen molar-refractivity contribution in [2.75, 3.05) is 11.9 Å². The van der Waals surface area contributed by atoms with Crippen molar-refractivity contribution in [1.29, 1.82) is 5.26 Å². The molecule has 1 rings (SSSR count). The first-order valence-corrected chi connectivity index (χ1v) is 5.41. The number of benzene rings is 1. The lowest BCUT2D eigenvalue weighted by atomic mass is 10.1. The summed E-state index contributed by atoms with van der Waals surface area (Å²) in [6.45, 7) is 3.34. The maximum Gasteiger partial charge on any atom is 0.163 e. The first-order valence-electron chi connectivity index (χ1n) is 5.41. The molecule has 1 atom stereocenters. The average Bonchev–Trinajstić information content (AvgIpc) is 2.27. The van der Waals surface area contributed by atoms with Crippen LogP contribution in [0.25, 0.3) is 0 Å². The minimum atomic E-state index is -0.165. The number of phenolic OH excluding ortho intramolecular Hbond substituents is 1. The number of anilines is 1. The van der Waals surface area contributed by atoms with Crippen LogP contribution in [0.5, 0.6) is 5.75 Å². The first-order chi connectivity index (χ1) is 7.97. The second kappa shape index (κ2) is 5.35.